The van der Waals surface area contributed by atoms with E-state index in [2.05, 4.69) is 10.3 Å². The lowest BCUT2D eigenvalue weighted by molar-refractivity contribution is 0.263. The molecule has 2 heterocycles. The molecule has 1 aromatic heterocycles. The van der Waals surface area contributed by atoms with Crippen LogP contribution in [-0.2, 0) is 6.42 Å². The predicted octanol–water partition coefficient (Wildman–Crippen LogP) is 1.71. The molecule has 2 nitrogen and oxygen atoms in total. The van der Waals surface area contributed by atoms with E-state index in [1.165, 1.54) is 0 Å². The molecule has 3 heteroatoms. The zero-order chi connectivity index (χ0) is 9.80. The minimum atomic E-state index is -0.776. The van der Waals surface area contributed by atoms with Crippen LogP contribution in [0.3, 0.4) is 0 Å². The fraction of sp³-hybridized carbons (Fsp3) is 0.545. The summed E-state index contributed by atoms with van der Waals surface area (Å²) in [4.78, 5) is 3.98. The third kappa shape index (κ3) is 2.29. The van der Waals surface area contributed by atoms with Gasteiger partial charge in [-0.15, -0.1) is 0 Å². The highest BCUT2D eigenvalue weighted by Crippen LogP contribution is 2.15. The lowest BCUT2D eigenvalue weighted by Crippen LogP contribution is -2.33. The summed E-state index contributed by atoms with van der Waals surface area (Å²) < 4.78 is 13.7. The van der Waals surface area contributed by atoms with Crippen molar-refractivity contribution in [2.45, 2.75) is 31.5 Å². The van der Waals surface area contributed by atoms with Crippen molar-refractivity contribution in [1.29, 1.82) is 0 Å². The van der Waals surface area contributed by atoms with Gasteiger partial charge in [0.15, 0.2) is 0 Å². The van der Waals surface area contributed by atoms with Crippen LogP contribution in [0.1, 0.15) is 18.4 Å². The summed E-state index contributed by atoms with van der Waals surface area (Å²) in [5, 5.41) is 3.18. The summed E-state index contributed by atoms with van der Waals surface area (Å²) in [5.74, 6) is 0. The molecule has 0 amide bonds. The molecular weight excluding hydrogens is 179 g/mol. The molecule has 0 aliphatic carbocycles. The molecule has 1 aliphatic rings. The smallest absolute Gasteiger partial charge is 0.119 e. The van der Waals surface area contributed by atoms with E-state index in [0.717, 1.165) is 24.9 Å². The molecule has 2 atom stereocenters. The Kier molecular flexibility index (Phi) is 3.09. The van der Waals surface area contributed by atoms with Crippen LogP contribution < -0.4 is 5.32 Å². The van der Waals surface area contributed by atoms with Crippen molar-refractivity contribution in [3.63, 3.8) is 0 Å². The number of hydrogen-bond acceptors (Lipinski definition) is 2. The van der Waals surface area contributed by atoms with Gasteiger partial charge in [0.2, 0.25) is 0 Å². The third-order valence-electron chi connectivity index (χ3n) is 2.69. The Morgan fingerprint density at radius 1 is 1.64 bits per heavy atom. The van der Waals surface area contributed by atoms with Crippen LogP contribution in [0, 0.1) is 0 Å². The maximum Gasteiger partial charge on any atom is 0.119 e. The van der Waals surface area contributed by atoms with Crippen molar-refractivity contribution in [3.8, 4) is 0 Å². The molecule has 1 aliphatic heterocycles. The molecule has 1 aromatic rings. The second-order valence-corrected chi connectivity index (χ2v) is 3.78. The minimum absolute atomic E-state index is 0.0511. The lowest BCUT2D eigenvalue weighted by Gasteiger charge is -2.15. The van der Waals surface area contributed by atoms with Crippen molar-refractivity contribution >= 4 is 0 Å². The first-order chi connectivity index (χ1) is 6.86. The van der Waals surface area contributed by atoms with E-state index in [-0.39, 0.29) is 6.04 Å². The normalized spacial score (nSPS) is 23.6. The van der Waals surface area contributed by atoms with Crippen molar-refractivity contribution < 1.29 is 4.39 Å². The summed E-state index contributed by atoms with van der Waals surface area (Å²) in [6.07, 6.45) is 5.21. The van der Waals surface area contributed by atoms with Crippen LogP contribution >= 0.6 is 0 Å². The zero-order valence-electron chi connectivity index (χ0n) is 8.12. The largest absolute Gasteiger partial charge is 0.311 e. The molecule has 14 heavy (non-hydrogen) atoms. The standard InChI is InChI=1S/C11H15FN2/c12-10(11-4-2-6-14-11)7-9-3-1-5-13-8-9/h1,3,5,8,10-11,14H,2,4,6-7H2. The highest BCUT2D eigenvalue weighted by Gasteiger charge is 2.24. The average molecular weight is 194 g/mol. The Labute approximate surface area is 83.6 Å². The Bertz CT molecular complexity index is 270. The van der Waals surface area contributed by atoms with Gasteiger partial charge in [-0.3, -0.25) is 4.98 Å². The monoisotopic (exact) mass is 194 g/mol. The van der Waals surface area contributed by atoms with E-state index in [9.17, 15) is 4.39 Å². The lowest BCUT2D eigenvalue weighted by atomic mass is 10.0. The molecule has 2 unspecified atom stereocenters. The van der Waals surface area contributed by atoms with Gasteiger partial charge >= 0.3 is 0 Å². The summed E-state index contributed by atoms with van der Waals surface area (Å²) in [6, 6.07) is 3.83. The first-order valence-corrected chi connectivity index (χ1v) is 5.12. The van der Waals surface area contributed by atoms with Crippen molar-refractivity contribution in [2.24, 2.45) is 0 Å². The molecule has 1 saturated heterocycles. The molecule has 2 rings (SSSR count). The molecule has 76 valence electrons. The fourth-order valence-electron chi connectivity index (χ4n) is 1.91. The van der Waals surface area contributed by atoms with Crippen LogP contribution in [-0.4, -0.2) is 23.7 Å². The Morgan fingerprint density at radius 3 is 3.21 bits per heavy atom. The SMILES string of the molecule is FC(Cc1cccnc1)C1CCCN1. The fourth-order valence-corrected chi connectivity index (χ4v) is 1.91. The minimum Gasteiger partial charge on any atom is -0.311 e. The molecule has 1 N–H and O–H groups in total. The Morgan fingerprint density at radius 2 is 2.57 bits per heavy atom. The quantitative estimate of drug-likeness (QED) is 0.792. The van der Waals surface area contributed by atoms with Crippen LogP contribution in [0.2, 0.25) is 0 Å². The number of aromatic nitrogens is 1. The van der Waals surface area contributed by atoms with Gasteiger partial charge in [0.1, 0.15) is 6.17 Å². The topological polar surface area (TPSA) is 24.9 Å². The molecular formula is C11H15FN2. The van der Waals surface area contributed by atoms with Crippen LogP contribution in [0.5, 0.6) is 0 Å². The van der Waals surface area contributed by atoms with Crippen LogP contribution in [0.4, 0.5) is 4.39 Å². The van der Waals surface area contributed by atoms with Crippen molar-refractivity contribution in [2.75, 3.05) is 6.54 Å². The number of alkyl halides is 1. The van der Waals surface area contributed by atoms with Crippen molar-refractivity contribution in [3.05, 3.63) is 30.1 Å². The summed E-state index contributed by atoms with van der Waals surface area (Å²) in [7, 11) is 0. The van der Waals surface area contributed by atoms with Gasteiger partial charge in [-0.05, 0) is 31.0 Å². The molecule has 1 fully saturated rings. The summed E-state index contributed by atoms with van der Waals surface area (Å²) in [5.41, 5.74) is 0.980. The number of nitrogens with zero attached hydrogens (tertiary/aromatic N) is 1. The van der Waals surface area contributed by atoms with Gasteiger partial charge in [0.05, 0.1) is 0 Å². The van der Waals surface area contributed by atoms with Gasteiger partial charge in [-0.1, -0.05) is 6.07 Å². The number of nitrogens with one attached hydrogen (secondary N) is 1. The van der Waals surface area contributed by atoms with E-state index >= 15 is 0 Å². The average Bonchev–Trinajstić information content (AvgIpc) is 2.72. The summed E-state index contributed by atoms with van der Waals surface area (Å²) in [6.45, 7) is 0.956. The highest BCUT2D eigenvalue weighted by atomic mass is 19.1. The number of halogens is 1. The second-order valence-electron chi connectivity index (χ2n) is 3.78. The van der Waals surface area contributed by atoms with Gasteiger partial charge in [-0.25, -0.2) is 4.39 Å². The molecule has 0 radical (unpaired) electrons. The maximum atomic E-state index is 13.7. The van der Waals surface area contributed by atoms with Crippen LogP contribution in [0.25, 0.3) is 0 Å². The Balaban J connectivity index is 1.90. The molecule has 0 saturated carbocycles. The molecule has 0 aromatic carbocycles. The number of hydrogen-bond donors (Lipinski definition) is 1. The van der Waals surface area contributed by atoms with E-state index < -0.39 is 6.17 Å². The van der Waals surface area contributed by atoms with E-state index in [1.807, 2.05) is 12.1 Å². The third-order valence-corrected chi connectivity index (χ3v) is 2.69. The first kappa shape index (κ1) is 9.59. The zero-order valence-corrected chi connectivity index (χ0v) is 8.12. The predicted molar refractivity (Wildman–Crippen MR) is 53.9 cm³/mol. The van der Waals surface area contributed by atoms with Crippen molar-refractivity contribution in [1.82, 2.24) is 10.3 Å². The van der Waals surface area contributed by atoms with Crippen LogP contribution in [0.15, 0.2) is 24.5 Å². The summed E-state index contributed by atoms with van der Waals surface area (Å²) >= 11 is 0. The first-order valence-electron chi connectivity index (χ1n) is 5.12. The Hall–Kier alpha value is -0.960. The van der Waals surface area contributed by atoms with Gasteiger partial charge in [0, 0.05) is 24.9 Å². The van der Waals surface area contributed by atoms with Gasteiger partial charge in [-0.2, -0.15) is 0 Å². The molecule has 0 spiro atoms. The van der Waals surface area contributed by atoms with Gasteiger partial charge in [0.25, 0.3) is 0 Å². The number of pyridine rings is 1. The highest BCUT2D eigenvalue weighted by molar-refractivity contribution is 5.10. The van der Waals surface area contributed by atoms with E-state index in [1.54, 1.807) is 12.4 Å². The van der Waals surface area contributed by atoms with E-state index in [4.69, 9.17) is 0 Å². The molecule has 0 bridgehead atoms. The van der Waals surface area contributed by atoms with Gasteiger partial charge < -0.3 is 5.32 Å². The number of rotatable bonds is 3. The second kappa shape index (κ2) is 4.51. The van der Waals surface area contributed by atoms with E-state index in [0.29, 0.717) is 6.42 Å². The maximum absolute atomic E-state index is 13.7.